The van der Waals surface area contributed by atoms with E-state index >= 15 is 0 Å². The summed E-state index contributed by atoms with van der Waals surface area (Å²) in [7, 11) is 0. The van der Waals surface area contributed by atoms with Crippen LogP contribution in [0.25, 0.3) is 0 Å². The quantitative estimate of drug-likeness (QED) is 0.844. The Morgan fingerprint density at radius 1 is 1.11 bits per heavy atom. The van der Waals surface area contributed by atoms with Gasteiger partial charge in [-0.3, -0.25) is 0 Å². The van der Waals surface area contributed by atoms with Crippen molar-refractivity contribution in [2.24, 2.45) is 11.8 Å². The monoisotopic (exact) mass is 261 g/mol. The molecular formula is C17H27NO. The summed E-state index contributed by atoms with van der Waals surface area (Å²) in [5.74, 6) is 1.44. The van der Waals surface area contributed by atoms with Crippen LogP contribution < -0.4 is 5.32 Å². The summed E-state index contributed by atoms with van der Waals surface area (Å²) in [6.45, 7) is 5.55. The Bertz CT molecular complexity index is 363. The molecular weight excluding hydrogens is 234 g/mol. The van der Waals surface area contributed by atoms with Crippen LogP contribution in [0.4, 0.5) is 5.69 Å². The minimum absolute atomic E-state index is 0.0495. The van der Waals surface area contributed by atoms with Crippen LogP contribution in [0.1, 0.15) is 45.1 Å². The molecule has 19 heavy (non-hydrogen) atoms. The van der Waals surface area contributed by atoms with Crippen molar-refractivity contribution < 1.29 is 5.11 Å². The van der Waals surface area contributed by atoms with Crippen LogP contribution in [0.5, 0.6) is 0 Å². The summed E-state index contributed by atoms with van der Waals surface area (Å²) in [5.41, 5.74) is 2.64. The molecule has 2 nitrogen and oxygen atoms in total. The second-order valence-electron chi connectivity index (χ2n) is 6.35. The molecule has 1 aliphatic rings. The lowest BCUT2D eigenvalue weighted by molar-refractivity contribution is 0.111. The number of hydrogen-bond acceptors (Lipinski definition) is 2. The predicted octanol–water partition coefficient (Wildman–Crippen LogP) is 3.85. The van der Waals surface area contributed by atoms with Gasteiger partial charge in [-0.1, -0.05) is 26.0 Å². The van der Waals surface area contributed by atoms with E-state index in [1.165, 1.54) is 11.3 Å². The minimum Gasteiger partial charge on any atom is -0.393 e. The number of anilines is 1. The van der Waals surface area contributed by atoms with Crippen molar-refractivity contribution >= 4 is 5.69 Å². The van der Waals surface area contributed by atoms with Crippen molar-refractivity contribution in [3.63, 3.8) is 0 Å². The lowest BCUT2D eigenvalue weighted by Crippen LogP contribution is -2.23. The Balaban J connectivity index is 1.76. The average molecular weight is 261 g/mol. The van der Waals surface area contributed by atoms with Gasteiger partial charge in [0, 0.05) is 12.2 Å². The average Bonchev–Trinajstić information content (AvgIpc) is 2.39. The molecule has 2 rings (SSSR count). The molecule has 0 aliphatic heterocycles. The van der Waals surface area contributed by atoms with E-state index in [2.05, 4.69) is 43.4 Å². The van der Waals surface area contributed by atoms with Gasteiger partial charge in [0.05, 0.1) is 6.10 Å². The van der Waals surface area contributed by atoms with Gasteiger partial charge in [-0.05, 0) is 61.6 Å². The smallest absolute Gasteiger partial charge is 0.0540 e. The highest BCUT2D eigenvalue weighted by Gasteiger charge is 2.18. The molecule has 1 aromatic carbocycles. The van der Waals surface area contributed by atoms with Gasteiger partial charge < -0.3 is 10.4 Å². The van der Waals surface area contributed by atoms with Crippen LogP contribution in [0.15, 0.2) is 24.3 Å². The fourth-order valence-corrected chi connectivity index (χ4v) is 2.84. The van der Waals surface area contributed by atoms with E-state index in [0.29, 0.717) is 5.92 Å². The molecule has 0 unspecified atom stereocenters. The first-order valence-electron chi connectivity index (χ1n) is 7.64. The standard InChI is InChI=1S/C17H27NO/c1-13(2)11-14-3-7-16(8-4-14)18-12-15-5-9-17(19)10-6-15/h3-4,7-8,13,15,17-19H,5-6,9-12H2,1-2H3. The highest BCUT2D eigenvalue weighted by atomic mass is 16.3. The molecule has 0 amide bonds. The van der Waals surface area contributed by atoms with E-state index in [1.54, 1.807) is 0 Å². The van der Waals surface area contributed by atoms with E-state index in [0.717, 1.165) is 44.6 Å². The molecule has 0 atom stereocenters. The molecule has 2 heteroatoms. The first-order chi connectivity index (χ1) is 9.13. The summed E-state index contributed by atoms with van der Waals surface area (Å²) in [5, 5.41) is 13.0. The van der Waals surface area contributed by atoms with Gasteiger partial charge in [0.2, 0.25) is 0 Å². The molecule has 106 valence electrons. The molecule has 1 aromatic rings. The SMILES string of the molecule is CC(C)Cc1ccc(NCC2CCC(O)CC2)cc1. The predicted molar refractivity (Wildman–Crippen MR) is 81.4 cm³/mol. The van der Waals surface area contributed by atoms with E-state index in [-0.39, 0.29) is 6.10 Å². The number of aliphatic hydroxyl groups excluding tert-OH is 1. The first-order valence-corrected chi connectivity index (χ1v) is 7.64. The molecule has 2 N–H and O–H groups in total. The molecule has 0 saturated heterocycles. The van der Waals surface area contributed by atoms with Gasteiger partial charge in [-0.15, -0.1) is 0 Å². The lowest BCUT2D eigenvalue weighted by atomic mass is 9.87. The van der Waals surface area contributed by atoms with Crippen LogP contribution in [0.2, 0.25) is 0 Å². The molecule has 0 radical (unpaired) electrons. The van der Waals surface area contributed by atoms with Gasteiger partial charge in [-0.25, -0.2) is 0 Å². The molecule has 1 saturated carbocycles. The summed E-state index contributed by atoms with van der Waals surface area (Å²) in [4.78, 5) is 0. The van der Waals surface area contributed by atoms with Gasteiger partial charge in [-0.2, -0.15) is 0 Å². The Labute approximate surface area is 117 Å². The Hall–Kier alpha value is -1.02. The highest BCUT2D eigenvalue weighted by molar-refractivity contribution is 5.44. The van der Waals surface area contributed by atoms with Crippen molar-refractivity contribution in [3.05, 3.63) is 29.8 Å². The van der Waals surface area contributed by atoms with Crippen molar-refractivity contribution in [1.29, 1.82) is 0 Å². The molecule has 0 heterocycles. The maximum absolute atomic E-state index is 9.49. The van der Waals surface area contributed by atoms with Gasteiger partial charge in [0.1, 0.15) is 0 Å². The zero-order valence-electron chi connectivity index (χ0n) is 12.2. The summed E-state index contributed by atoms with van der Waals surface area (Å²) < 4.78 is 0. The minimum atomic E-state index is -0.0495. The topological polar surface area (TPSA) is 32.3 Å². The van der Waals surface area contributed by atoms with Gasteiger partial charge in [0.25, 0.3) is 0 Å². The molecule has 1 fully saturated rings. The molecule has 0 spiro atoms. The fraction of sp³-hybridized carbons (Fsp3) is 0.647. The Kier molecular flexibility index (Phi) is 5.26. The number of aliphatic hydroxyl groups is 1. The number of hydrogen-bond donors (Lipinski definition) is 2. The maximum Gasteiger partial charge on any atom is 0.0540 e. The number of rotatable bonds is 5. The van der Waals surface area contributed by atoms with E-state index in [4.69, 9.17) is 0 Å². The third-order valence-electron chi connectivity index (χ3n) is 4.01. The van der Waals surface area contributed by atoms with Gasteiger partial charge in [0.15, 0.2) is 0 Å². The summed E-state index contributed by atoms with van der Waals surface area (Å²) >= 11 is 0. The van der Waals surface area contributed by atoms with Crippen molar-refractivity contribution in [2.75, 3.05) is 11.9 Å². The third kappa shape index (κ3) is 4.87. The Morgan fingerprint density at radius 2 is 1.74 bits per heavy atom. The Morgan fingerprint density at radius 3 is 2.32 bits per heavy atom. The highest BCUT2D eigenvalue weighted by Crippen LogP contribution is 2.24. The van der Waals surface area contributed by atoms with E-state index in [1.807, 2.05) is 0 Å². The van der Waals surface area contributed by atoms with E-state index in [9.17, 15) is 5.11 Å². The van der Waals surface area contributed by atoms with E-state index < -0.39 is 0 Å². The molecule has 1 aliphatic carbocycles. The second kappa shape index (κ2) is 6.95. The lowest BCUT2D eigenvalue weighted by Gasteiger charge is -2.25. The van der Waals surface area contributed by atoms with Crippen molar-refractivity contribution in [2.45, 2.75) is 52.1 Å². The molecule has 0 aromatic heterocycles. The summed E-state index contributed by atoms with van der Waals surface area (Å²) in [6, 6.07) is 8.84. The van der Waals surface area contributed by atoms with Crippen molar-refractivity contribution in [3.8, 4) is 0 Å². The zero-order valence-corrected chi connectivity index (χ0v) is 12.2. The fourth-order valence-electron chi connectivity index (χ4n) is 2.84. The number of nitrogens with one attached hydrogen (secondary N) is 1. The third-order valence-corrected chi connectivity index (χ3v) is 4.01. The second-order valence-corrected chi connectivity index (χ2v) is 6.35. The van der Waals surface area contributed by atoms with Crippen LogP contribution >= 0.6 is 0 Å². The van der Waals surface area contributed by atoms with Crippen LogP contribution in [-0.2, 0) is 6.42 Å². The van der Waals surface area contributed by atoms with Crippen molar-refractivity contribution in [1.82, 2.24) is 0 Å². The van der Waals surface area contributed by atoms with Crippen LogP contribution in [0.3, 0.4) is 0 Å². The first kappa shape index (κ1) is 14.4. The summed E-state index contributed by atoms with van der Waals surface area (Å²) in [6.07, 6.45) is 5.35. The number of benzene rings is 1. The van der Waals surface area contributed by atoms with Crippen LogP contribution in [-0.4, -0.2) is 17.8 Å². The maximum atomic E-state index is 9.49. The largest absolute Gasteiger partial charge is 0.393 e. The normalized spacial score (nSPS) is 23.6. The molecule has 0 bridgehead atoms. The zero-order chi connectivity index (χ0) is 13.7. The van der Waals surface area contributed by atoms with Gasteiger partial charge >= 0.3 is 0 Å². The van der Waals surface area contributed by atoms with Crippen LogP contribution in [0, 0.1) is 11.8 Å².